The van der Waals surface area contributed by atoms with Crippen molar-refractivity contribution >= 4 is 29.2 Å². The molecule has 1 aliphatic heterocycles. The molecule has 0 unspecified atom stereocenters. The first-order valence-corrected chi connectivity index (χ1v) is 5.84. The zero-order chi connectivity index (χ0) is 14.9. The van der Waals surface area contributed by atoms with E-state index in [0.717, 1.165) is 4.90 Å². The van der Waals surface area contributed by atoms with Gasteiger partial charge in [0.1, 0.15) is 0 Å². The average Bonchev–Trinajstić information content (AvgIpc) is 2.39. The molecule has 1 heterocycles. The van der Waals surface area contributed by atoms with Crippen LogP contribution in [0.4, 0.5) is 16.2 Å². The third-order valence-corrected chi connectivity index (χ3v) is 2.98. The van der Waals surface area contributed by atoms with Crippen molar-refractivity contribution < 1.29 is 14.4 Å². The van der Waals surface area contributed by atoms with E-state index >= 15 is 0 Å². The molecule has 20 heavy (non-hydrogen) atoms. The molecule has 0 aromatic heterocycles. The zero-order valence-corrected chi connectivity index (χ0v) is 10.8. The lowest BCUT2D eigenvalue weighted by Crippen LogP contribution is -2.57. The minimum absolute atomic E-state index is 0.157. The quantitative estimate of drug-likeness (QED) is 0.550. The Hall–Kier alpha value is -2.83. The Morgan fingerprint density at radius 1 is 1.35 bits per heavy atom. The summed E-state index contributed by atoms with van der Waals surface area (Å²) >= 11 is 0. The number of barbiturate groups is 1. The van der Waals surface area contributed by atoms with Crippen LogP contribution in [0.25, 0.3) is 0 Å². The van der Waals surface area contributed by atoms with E-state index in [9.17, 15) is 14.4 Å². The lowest BCUT2D eigenvalue weighted by Gasteiger charge is -2.28. The zero-order valence-electron chi connectivity index (χ0n) is 10.8. The number of carbonyl (C=O) groups excluding carboxylic acids is 3. The molecule has 1 aliphatic rings. The van der Waals surface area contributed by atoms with Crippen molar-refractivity contribution in [3.8, 4) is 0 Å². The molecule has 1 aromatic rings. The lowest BCUT2D eigenvalue weighted by molar-refractivity contribution is -0.139. The molecule has 0 radical (unpaired) electrons. The summed E-state index contributed by atoms with van der Waals surface area (Å²) in [6.07, 6.45) is 0. The van der Waals surface area contributed by atoms with Crippen molar-refractivity contribution in [3.05, 3.63) is 36.5 Å². The van der Waals surface area contributed by atoms with Crippen LogP contribution >= 0.6 is 0 Å². The summed E-state index contributed by atoms with van der Waals surface area (Å²) in [4.78, 5) is 35.9. The minimum Gasteiger partial charge on any atom is -0.397 e. The van der Waals surface area contributed by atoms with Crippen molar-refractivity contribution in [1.29, 1.82) is 0 Å². The highest BCUT2D eigenvalue weighted by atomic mass is 16.2. The Bertz CT molecular complexity index is 611. The standard InChI is InChI=1S/C13H14N4O3/c1-7(15-9-6-4-3-5-8(9)14)10-11(18)16-13(20)17(2)12(10)19/h3-6,10,15H,1,14H2,2H3,(H,16,18,20)/t10-/m0/s1. The summed E-state index contributed by atoms with van der Waals surface area (Å²) in [5.41, 5.74) is 6.92. The van der Waals surface area contributed by atoms with E-state index in [4.69, 9.17) is 5.73 Å². The maximum atomic E-state index is 12.0. The summed E-state index contributed by atoms with van der Waals surface area (Å²) in [6, 6.07) is 6.14. The molecule has 7 heteroatoms. The summed E-state index contributed by atoms with van der Waals surface area (Å²) in [7, 11) is 1.29. The molecule has 7 nitrogen and oxygen atoms in total. The Balaban J connectivity index is 2.21. The first-order chi connectivity index (χ1) is 9.41. The van der Waals surface area contributed by atoms with Gasteiger partial charge in [-0.1, -0.05) is 18.7 Å². The molecule has 0 aliphatic carbocycles. The number of carbonyl (C=O) groups is 3. The number of para-hydroxylation sites is 2. The van der Waals surface area contributed by atoms with Crippen LogP contribution in [0.5, 0.6) is 0 Å². The first-order valence-electron chi connectivity index (χ1n) is 5.84. The SMILES string of the molecule is C=C(Nc1ccccc1N)[C@H]1C(=O)NC(=O)N(C)C1=O. The number of nitrogens with one attached hydrogen (secondary N) is 2. The predicted molar refractivity (Wildman–Crippen MR) is 73.4 cm³/mol. The van der Waals surface area contributed by atoms with E-state index in [0.29, 0.717) is 11.4 Å². The van der Waals surface area contributed by atoms with Gasteiger partial charge in [0.15, 0.2) is 5.92 Å². The maximum absolute atomic E-state index is 12.0. The summed E-state index contributed by atoms with van der Waals surface area (Å²) < 4.78 is 0. The number of anilines is 2. The number of hydrogen-bond acceptors (Lipinski definition) is 5. The molecule has 104 valence electrons. The number of urea groups is 1. The van der Waals surface area contributed by atoms with Crippen molar-refractivity contribution in [2.75, 3.05) is 18.1 Å². The number of nitrogen functional groups attached to an aromatic ring is 1. The van der Waals surface area contributed by atoms with E-state index < -0.39 is 23.8 Å². The molecule has 0 bridgehead atoms. The monoisotopic (exact) mass is 274 g/mol. The first kappa shape index (κ1) is 13.6. The Labute approximate surface area is 115 Å². The largest absolute Gasteiger partial charge is 0.397 e. The van der Waals surface area contributed by atoms with Gasteiger partial charge in [-0.3, -0.25) is 19.8 Å². The van der Waals surface area contributed by atoms with Crippen LogP contribution < -0.4 is 16.4 Å². The minimum atomic E-state index is -1.17. The highest BCUT2D eigenvalue weighted by Gasteiger charge is 2.40. The van der Waals surface area contributed by atoms with Gasteiger partial charge in [-0.25, -0.2) is 4.79 Å². The van der Waals surface area contributed by atoms with E-state index in [1.54, 1.807) is 24.3 Å². The second-order valence-corrected chi connectivity index (χ2v) is 4.36. The summed E-state index contributed by atoms with van der Waals surface area (Å²) in [5.74, 6) is -2.51. The number of benzene rings is 1. The molecule has 1 saturated heterocycles. The molecule has 4 N–H and O–H groups in total. The van der Waals surface area contributed by atoms with E-state index in [1.807, 2.05) is 0 Å². The number of rotatable bonds is 3. The number of nitrogens with zero attached hydrogens (tertiary/aromatic N) is 1. The topological polar surface area (TPSA) is 105 Å². The van der Waals surface area contributed by atoms with Crippen molar-refractivity contribution in [3.63, 3.8) is 0 Å². The van der Waals surface area contributed by atoms with Crippen LogP contribution in [0.2, 0.25) is 0 Å². The molecular weight excluding hydrogens is 260 g/mol. The second-order valence-electron chi connectivity index (χ2n) is 4.36. The fraction of sp³-hybridized carbons (Fsp3) is 0.154. The molecular formula is C13H14N4O3. The number of amides is 4. The van der Waals surface area contributed by atoms with E-state index in [-0.39, 0.29) is 5.70 Å². The molecule has 1 atom stereocenters. The van der Waals surface area contributed by atoms with Gasteiger partial charge in [0.05, 0.1) is 11.4 Å². The van der Waals surface area contributed by atoms with Crippen LogP contribution in [0.3, 0.4) is 0 Å². The van der Waals surface area contributed by atoms with Gasteiger partial charge < -0.3 is 11.1 Å². The Kier molecular flexibility index (Phi) is 3.43. The number of imide groups is 2. The van der Waals surface area contributed by atoms with Gasteiger partial charge in [0.2, 0.25) is 11.8 Å². The summed E-state index contributed by atoms with van der Waals surface area (Å²) in [6.45, 7) is 3.69. The summed E-state index contributed by atoms with van der Waals surface area (Å²) in [5, 5.41) is 4.92. The van der Waals surface area contributed by atoms with Gasteiger partial charge in [-0.2, -0.15) is 0 Å². The second kappa shape index (κ2) is 5.04. The molecule has 4 amide bonds. The normalized spacial score (nSPS) is 18.8. The fourth-order valence-corrected chi connectivity index (χ4v) is 1.83. The highest BCUT2D eigenvalue weighted by Crippen LogP contribution is 2.23. The van der Waals surface area contributed by atoms with Gasteiger partial charge in [0.25, 0.3) is 0 Å². The van der Waals surface area contributed by atoms with Crippen LogP contribution in [-0.2, 0) is 9.59 Å². The Morgan fingerprint density at radius 2 is 2.00 bits per heavy atom. The van der Waals surface area contributed by atoms with Crippen LogP contribution in [-0.4, -0.2) is 29.8 Å². The van der Waals surface area contributed by atoms with Gasteiger partial charge in [0, 0.05) is 12.7 Å². The molecule has 0 saturated carbocycles. The molecule has 0 spiro atoms. The van der Waals surface area contributed by atoms with Gasteiger partial charge >= 0.3 is 6.03 Å². The third-order valence-electron chi connectivity index (χ3n) is 2.98. The number of hydrogen-bond donors (Lipinski definition) is 3. The smallest absolute Gasteiger partial charge is 0.330 e. The molecule has 1 aromatic carbocycles. The van der Waals surface area contributed by atoms with E-state index in [2.05, 4.69) is 17.2 Å². The number of nitrogens with two attached hydrogens (primary N) is 1. The molecule has 2 rings (SSSR count). The van der Waals surface area contributed by atoms with Gasteiger partial charge in [-0.15, -0.1) is 0 Å². The van der Waals surface area contributed by atoms with Crippen molar-refractivity contribution in [2.24, 2.45) is 5.92 Å². The molecule has 1 fully saturated rings. The van der Waals surface area contributed by atoms with Crippen molar-refractivity contribution in [1.82, 2.24) is 10.2 Å². The Morgan fingerprint density at radius 3 is 2.65 bits per heavy atom. The van der Waals surface area contributed by atoms with Gasteiger partial charge in [-0.05, 0) is 12.1 Å². The maximum Gasteiger partial charge on any atom is 0.330 e. The fourth-order valence-electron chi connectivity index (χ4n) is 1.83. The van der Waals surface area contributed by atoms with Crippen LogP contribution in [0.15, 0.2) is 36.5 Å². The lowest BCUT2D eigenvalue weighted by atomic mass is 10.0. The van der Waals surface area contributed by atoms with E-state index in [1.165, 1.54) is 7.05 Å². The third kappa shape index (κ3) is 2.33. The predicted octanol–water partition coefficient (Wildman–Crippen LogP) is 0.519. The van der Waals surface area contributed by atoms with Crippen LogP contribution in [0, 0.1) is 5.92 Å². The average molecular weight is 274 g/mol. The van der Waals surface area contributed by atoms with Crippen molar-refractivity contribution in [2.45, 2.75) is 0 Å². The highest BCUT2D eigenvalue weighted by molar-refractivity contribution is 6.17. The van der Waals surface area contributed by atoms with Crippen LogP contribution in [0.1, 0.15) is 0 Å².